The van der Waals surface area contributed by atoms with E-state index in [1.165, 1.54) is 31.4 Å². The summed E-state index contributed by atoms with van der Waals surface area (Å²) < 4.78 is 19.7. The van der Waals surface area contributed by atoms with Crippen LogP contribution in [0.15, 0.2) is 18.2 Å². The molecule has 0 aromatic heterocycles. The maximum atomic E-state index is 13.5. The van der Waals surface area contributed by atoms with E-state index < -0.39 is 0 Å². The van der Waals surface area contributed by atoms with Crippen LogP contribution in [-0.2, 0) is 0 Å². The van der Waals surface area contributed by atoms with Crippen LogP contribution in [-0.4, -0.2) is 13.2 Å². The van der Waals surface area contributed by atoms with Gasteiger partial charge in [0.2, 0.25) is 0 Å². The third-order valence-corrected chi connectivity index (χ3v) is 4.48. The summed E-state index contributed by atoms with van der Waals surface area (Å²) in [4.78, 5) is 0. The molecule has 112 valence electrons. The summed E-state index contributed by atoms with van der Waals surface area (Å²) in [5.41, 5.74) is 1.03. The van der Waals surface area contributed by atoms with Crippen molar-refractivity contribution in [2.45, 2.75) is 58.1 Å². The molecule has 1 fully saturated rings. The van der Waals surface area contributed by atoms with E-state index >= 15 is 0 Å². The second kappa shape index (κ2) is 7.07. The smallest absolute Gasteiger partial charge is 0.127 e. The number of benzene rings is 1. The lowest BCUT2D eigenvalue weighted by molar-refractivity contribution is 0.120. The predicted octanol–water partition coefficient (Wildman–Crippen LogP) is 4.45. The van der Waals surface area contributed by atoms with E-state index in [9.17, 15) is 4.39 Å². The summed E-state index contributed by atoms with van der Waals surface area (Å²) in [7, 11) is 1.91. The van der Waals surface area contributed by atoms with Gasteiger partial charge in [0.1, 0.15) is 11.6 Å². The number of rotatable bonds is 5. The Morgan fingerprint density at radius 3 is 2.90 bits per heavy atom. The molecule has 3 atom stereocenters. The fourth-order valence-electron chi connectivity index (χ4n) is 3.02. The highest BCUT2D eigenvalue weighted by Crippen LogP contribution is 2.32. The van der Waals surface area contributed by atoms with Gasteiger partial charge in [0.25, 0.3) is 0 Å². The predicted molar refractivity (Wildman–Crippen MR) is 80.5 cm³/mol. The normalized spacial score (nSPS) is 24.4. The van der Waals surface area contributed by atoms with Crippen LogP contribution >= 0.6 is 0 Å². The standard InChI is InChI=1S/C17H26FNO/c1-4-13-6-5-7-15(10-13)20-17-11-14(18)8-9-16(17)12(2)19-3/h8-9,11-13,15,19H,4-7,10H2,1-3H3. The SMILES string of the molecule is CCC1CCCC(Oc2cc(F)ccc2C(C)NC)C1. The van der Waals surface area contributed by atoms with E-state index in [0.717, 1.165) is 24.3 Å². The second-order valence-electron chi connectivity index (χ2n) is 5.87. The van der Waals surface area contributed by atoms with Gasteiger partial charge in [-0.05, 0) is 45.2 Å². The monoisotopic (exact) mass is 279 g/mol. The Balaban J connectivity index is 2.13. The average Bonchev–Trinajstić information content (AvgIpc) is 2.47. The van der Waals surface area contributed by atoms with Crippen LogP contribution in [0.3, 0.4) is 0 Å². The van der Waals surface area contributed by atoms with Crippen molar-refractivity contribution in [3.8, 4) is 5.75 Å². The Kier molecular flexibility index (Phi) is 5.41. The van der Waals surface area contributed by atoms with Gasteiger partial charge in [-0.25, -0.2) is 4.39 Å². The molecule has 0 amide bonds. The van der Waals surface area contributed by atoms with Gasteiger partial charge >= 0.3 is 0 Å². The molecule has 0 bridgehead atoms. The number of halogens is 1. The van der Waals surface area contributed by atoms with Gasteiger partial charge in [-0.1, -0.05) is 25.8 Å². The van der Waals surface area contributed by atoms with E-state index in [0.29, 0.717) is 5.75 Å². The van der Waals surface area contributed by atoms with E-state index in [1.807, 2.05) is 13.1 Å². The maximum Gasteiger partial charge on any atom is 0.127 e. The van der Waals surface area contributed by atoms with Crippen LogP contribution < -0.4 is 10.1 Å². The molecule has 3 unspecified atom stereocenters. The minimum Gasteiger partial charge on any atom is -0.490 e. The summed E-state index contributed by atoms with van der Waals surface area (Å²) in [5.74, 6) is 1.23. The van der Waals surface area contributed by atoms with Crippen molar-refractivity contribution in [2.75, 3.05) is 7.05 Å². The molecule has 2 nitrogen and oxygen atoms in total. The molecule has 1 aliphatic carbocycles. The first kappa shape index (κ1) is 15.3. The first-order valence-electron chi connectivity index (χ1n) is 7.77. The van der Waals surface area contributed by atoms with Crippen molar-refractivity contribution in [3.05, 3.63) is 29.6 Å². The summed E-state index contributed by atoms with van der Waals surface area (Å²) >= 11 is 0. The maximum absolute atomic E-state index is 13.5. The van der Waals surface area contributed by atoms with Crippen LogP contribution in [0.4, 0.5) is 4.39 Å². The Labute approximate surface area is 121 Å². The van der Waals surface area contributed by atoms with E-state index in [-0.39, 0.29) is 18.0 Å². The summed E-state index contributed by atoms with van der Waals surface area (Å²) in [6.45, 7) is 4.31. The van der Waals surface area contributed by atoms with E-state index in [2.05, 4.69) is 19.2 Å². The molecule has 3 heteroatoms. The number of hydrogen-bond acceptors (Lipinski definition) is 2. The third-order valence-electron chi connectivity index (χ3n) is 4.48. The highest BCUT2D eigenvalue weighted by molar-refractivity contribution is 5.36. The van der Waals surface area contributed by atoms with Crippen molar-refractivity contribution in [1.29, 1.82) is 0 Å². The third kappa shape index (κ3) is 3.72. The molecular weight excluding hydrogens is 253 g/mol. The fourth-order valence-corrected chi connectivity index (χ4v) is 3.02. The average molecular weight is 279 g/mol. The van der Waals surface area contributed by atoms with Gasteiger partial charge < -0.3 is 10.1 Å². The zero-order valence-corrected chi connectivity index (χ0v) is 12.8. The van der Waals surface area contributed by atoms with Crippen molar-refractivity contribution in [2.24, 2.45) is 5.92 Å². The van der Waals surface area contributed by atoms with Crippen LogP contribution in [0.25, 0.3) is 0 Å². The van der Waals surface area contributed by atoms with E-state index in [1.54, 1.807) is 0 Å². The molecular formula is C17H26FNO. The molecule has 0 spiro atoms. The van der Waals surface area contributed by atoms with Gasteiger partial charge in [0, 0.05) is 17.7 Å². The zero-order chi connectivity index (χ0) is 14.5. The second-order valence-corrected chi connectivity index (χ2v) is 5.87. The summed E-state index contributed by atoms with van der Waals surface area (Å²) in [5, 5.41) is 3.20. The molecule has 0 heterocycles. The number of ether oxygens (including phenoxy) is 1. The minimum atomic E-state index is -0.227. The first-order chi connectivity index (χ1) is 9.63. The van der Waals surface area contributed by atoms with Gasteiger partial charge in [0.05, 0.1) is 6.10 Å². The molecule has 1 saturated carbocycles. The van der Waals surface area contributed by atoms with Crippen molar-refractivity contribution in [3.63, 3.8) is 0 Å². The Morgan fingerprint density at radius 1 is 1.40 bits per heavy atom. The largest absolute Gasteiger partial charge is 0.490 e. The van der Waals surface area contributed by atoms with Crippen LogP contribution in [0.2, 0.25) is 0 Å². The minimum absolute atomic E-state index is 0.163. The molecule has 1 aromatic carbocycles. The molecule has 0 radical (unpaired) electrons. The van der Waals surface area contributed by atoms with E-state index in [4.69, 9.17) is 4.74 Å². The first-order valence-corrected chi connectivity index (χ1v) is 7.77. The number of hydrogen-bond donors (Lipinski definition) is 1. The lowest BCUT2D eigenvalue weighted by atomic mass is 9.85. The van der Waals surface area contributed by atoms with Crippen molar-refractivity contribution < 1.29 is 9.13 Å². The lowest BCUT2D eigenvalue weighted by Gasteiger charge is -2.30. The molecule has 2 rings (SSSR count). The highest BCUT2D eigenvalue weighted by Gasteiger charge is 2.23. The molecule has 1 aromatic rings. The Morgan fingerprint density at radius 2 is 2.20 bits per heavy atom. The highest BCUT2D eigenvalue weighted by atomic mass is 19.1. The van der Waals surface area contributed by atoms with Crippen LogP contribution in [0.1, 0.15) is 57.6 Å². The van der Waals surface area contributed by atoms with Crippen LogP contribution in [0, 0.1) is 11.7 Å². The molecule has 0 aliphatic heterocycles. The lowest BCUT2D eigenvalue weighted by Crippen LogP contribution is -2.26. The Hall–Kier alpha value is -1.09. The van der Waals surface area contributed by atoms with Gasteiger partial charge in [0.15, 0.2) is 0 Å². The molecule has 1 aliphatic rings. The topological polar surface area (TPSA) is 21.3 Å². The van der Waals surface area contributed by atoms with Gasteiger partial charge in [-0.15, -0.1) is 0 Å². The molecule has 0 saturated heterocycles. The van der Waals surface area contributed by atoms with Crippen molar-refractivity contribution >= 4 is 0 Å². The Bertz CT molecular complexity index is 435. The molecule has 1 N–H and O–H groups in total. The van der Waals surface area contributed by atoms with Crippen molar-refractivity contribution in [1.82, 2.24) is 5.32 Å². The zero-order valence-electron chi connectivity index (χ0n) is 12.8. The summed E-state index contributed by atoms with van der Waals surface area (Å²) in [6.07, 6.45) is 6.15. The molecule has 20 heavy (non-hydrogen) atoms. The van der Waals surface area contributed by atoms with Gasteiger partial charge in [-0.2, -0.15) is 0 Å². The quantitative estimate of drug-likeness (QED) is 0.859. The fraction of sp³-hybridized carbons (Fsp3) is 0.647. The van der Waals surface area contributed by atoms with Gasteiger partial charge in [-0.3, -0.25) is 0 Å². The number of nitrogens with one attached hydrogen (secondary N) is 1. The van der Waals surface area contributed by atoms with Crippen LogP contribution in [0.5, 0.6) is 5.75 Å². The summed E-state index contributed by atoms with van der Waals surface area (Å²) in [6, 6.07) is 5.02.